The van der Waals surface area contributed by atoms with Gasteiger partial charge in [-0.15, -0.1) is 0 Å². The number of hydrogen-bond donors (Lipinski definition) is 1. The van der Waals surface area contributed by atoms with Gasteiger partial charge in [-0.05, 0) is 35.9 Å². The fourth-order valence-corrected chi connectivity index (χ4v) is 3.46. The van der Waals surface area contributed by atoms with Crippen molar-refractivity contribution in [2.45, 2.75) is 5.92 Å². The van der Waals surface area contributed by atoms with Crippen LogP contribution in [0.1, 0.15) is 17.2 Å². The molecule has 0 radical (unpaired) electrons. The second-order valence-corrected chi connectivity index (χ2v) is 6.49. The first-order chi connectivity index (χ1) is 12.6. The Kier molecular flexibility index (Phi) is 4.22. The van der Waals surface area contributed by atoms with Gasteiger partial charge >= 0.3 is 0 Å². The van der Waals surface area contributed by atoms with Gasteiger partial charge < -0.3 is 9.40 Å². The monoisotopic (exact) mass is 366 g/mol. The summed E-state index contributed by atoms with van der Waals surface area (Å²) in [7, 11) is 0. The molecule has 0 aliphatic rings. The number of furan rings is 1. The quantitative estimate of drug-likeness (QED) is 0.375. The third-order valence-electron chi connectivity index (χ3n) is 4.45. The van der Waals surface area contributed by atoms with Crippen LogP contribution in [0, 0.1) is 10.1 Å². The molecule has 4 aromatic rings. The van der Waals surface area contributed by atoms with Crippen molar-refractivity contribution in [1.29, 1.82) is 0 Å². The molecule has 0 fully saturated rings. The average Bonchev–Trinajstić information content (AvgIpc) is 3.28. The smallest absolute Gasteiger partial charge is 0.217 e. The third-order valence-corrected chi connectivity index (χ3v) is 4.70. The molecule has 26 heavy (non-hydrogen) atoms. The second-order valence-electron chi connectivity index (χ2n) is 6.05. The minimum Gasteiger partial charge on any atom is -0.468 e. The van der Waals surface area contributed by atoms with Gasteiger partial charge in [0.05, 0.1) is 12.0 Å². The molecule has 1 unspecified atom stereocenters. The summed E-state index contributed by atoms with van der Waals surface area (Å²) >= 11 is 6.02. The highest BCUT2D eigenvalue weighted by Crippen LogP contribution is 2.39. The highest BCUT2D eigenvalue weighted by atomic mass is 35.5. The van der Waals surface area contributed by atoms with E-state index >= 15 is 0 Å². The van der Waals surface area contributed by atoms with Gasteiger partial charge in [0.2, 0.25) is 6.54 Å². The van der Waals surface area contributed by atoms with Gasteiger partial charge in [0.25, 0.3) is 0 Å². The molecular formula is C20H15ClN2O3. The second kappa shape index (κ2) is 6.69. The Hall–Kier alpha value is -3.05. The number of nitrogens with zero attached hydrogens (tertiary/aromatic N) is 1. The number of para-hydroxylation sites is 1. The van der Waals surface area contributed by atoms with Gasteiger partial charge in [0.15, 0.2) is 0 Å². The highest BCUT2D eigenvalue weighted by Gasteiger charge is 2.29. The van der Waals surface area contributed by atoms with Crippen molar-refractivity contribution in [2.24, 2.45) is 0 Å². The van der Waals surface area contributed by atoms with Crippen molar-refractivity contribution < 1.29 is 9.34 Å². The van der Waals surface area contributed by atoms with Crippen LogP contribution in [0.2, 0.25) is 5.02 Å². The summed E-state index contributed by atoms with van der Waals surface area (Å²) in [6.07, 6.45) is 1.54. The van der Waals surface area contributed by atoms with Crippen LogP contribution in [0.4, 0.5) is 0 Å². The Morgan fingerprint density at radius 2 is 1.85 bits per heavy atom. The summed E-state index contributed by atoms with van der Waals surface area (Å²) in [5.74, 6) is 0.0727. The number of hydrogen-bond acceptors (Lipinski definition) is 3. The summed E-state index contributed by atoms with van der Waals surface area (Å²) < 4.78 is 5.54. The van der Waals surface area contributed by atoms with Crippen LogP contribution in [0.15, 0.2) is 71.3 Å². The zero-order valence-corrected chi connectivity index (χ0v) is 14.4. The van der Waals surface area contributed by atoms with E-state index in [1.165, 1.54) is 0 Å². The van der Waals surface area contributed by atoms with E-state index in [2.05, 4.69) is 4.98 Å². The van der Waals surface area contributed by atoms with E-state index in [4.69, 9.17) is 16.0 Å². The molecule has 2 aromatic heterocycles. The Labute approximate surface area is 154 Å². The van der Waals surface area contributed by atoms with Gasteiger partial charge in [-0.2, -0.15) is 0 Å². The molecule has 0 spiro atoms. The molecule has 2 aromatic carbocycles. The molecule has 0 saturated heterocycles. The molecule has 2 heterocycles. The zero-order chi connectivity index (χ0) is 18.1. The van der Waals surface area contributed by atoms with Crippen molar-refractivity contribution >= 4 is 22.5 Å². The Bertz CT molecular complexity index is 1050. The topological polar surface area (TPSA) is 72.1 Å². The van der Waals surface area contributed by atoms with E-state index < -0.39 is 5.92 Å². The number of rotatable bonds is 5. The summed E-state index contributed by atoms with van der Waals surface area (Å²) in [5.41, 5.74) is 3.54. The maximum atomic E-state index is 11.4. The molecule has 0 aliphatic carbocycles. The largest absolute Gasteiger partial charge is 0.468 e. The molecular weight excluding hydrogens is 352 g/mol. The molecule has 0 amide bonds. The van der Waals surface area contributed by atoms with Crippen LogP contribution in [0.25, 0.3) is 22.2 Å². The average molecular weight is 367 g/mol. The van der Waals surface area contributed by atoms with Gasteiger partial charge in [0, 0.05) is 26.4 Å². The van der Waals surface area contributed by atoms with Crippen LogP contribution in [-0.2, 0) is 0 Å². The lowest BCUT2D eigenvalue weighted by atomic mass is 9.91. The number of aromatic amines is 1. The zero-order valence-electron chi connectivity index (χ0n) is 13.7. The predicted octanol–water partition coefficient (Wildman–Crippen LogP) is 5.49. The van der Waals surface area contributed by atoms with Crippen molar-refractivity contribution in [3.63, 3.8) is 0 Å². The third kappa shape index (κ3) is 2.97. The van der Waals surface area contributed by atoms with Gasteiger partial charge in [-0.3, -0.25) is 10.1 Å². The summed E-state index contributed by atoms with van der Waals surface area (Å²) in [4.78, 5) is 14.5. The minimum absolute atomic E-state index is 0.254. The highest BCUT2D eigenvalue weighted by molar-refractivity contribution is 6.30. The lowest BCUT2D eigenvalue weighted by Crippen LogP contribution is -2.14. The van der Waals surface area contributed by atoms with Crippen LogP contribution in [0.3, 0.4) is 0 Å². The number of halogens is 1. The maximum Gasteiger partial charge on any atom is 0.217 e. The van der Waals surface area contributed by atoms with E-state index in [9.17, 15) is 10.1 Å². The van der Waals surface area contributed by atoms with Crippen molar-refractivity contribution in [3.8, 4) is 11.3 Å². The maximum absolute atomic E-state index is 11.4. The van der Waals surface area contributed by atoms with E-state index in [-0.39, 0.29) is 11.5 Å². The van der Waals surface area contributed by atoms with Crippen molar-refractivity contribution in [3.05, 3.63) is 93.4 Å². The first-order valence-corrected chi connectivity index (χ1v) is 8.53. The molecule has 6 heteroatoms. The number of nitrogens with one attached hydrogen (secondary N) is 1. The first kappa shape index (κ1) is 16.4. The number of nitro groups is 1. The minimum atomic E-state index is -0.498. The SMILES string of the molecule is O=[N+]([O-])CC(c1ccco1)c1c(-c2ccc(Cl)cc2)[nH]c2ccccc12. The standard InChI is InChI=1S/C20H15ClN2O3/c21-14-9-7-13(8-10-14)20-19(15-4-1-2-5-17(15)22-20)16(12-23(24)25)18-6-3-11-26-18/h1-11,16,22H,12H2. The molecule has 1 atom stereocenters. The number of benzene rings is 2. The first-order valence-electron chi connectivity index (χ1n) is 8.15. The van der Waals surface area contributed by atoms with Gasteiger partial charge in [-0.25, -0.2) is 0 Å². The Morgan fingerprint density at radius 1 is 1.08 bits per heavy atom. The van der Waals surface area contributed by atoms with Crippen molar-refractivity contribution in [2.75, 3.05) is 6.54 Å². The van der Waals surface area contributed by atoms with E-state index in [0.29, 0.717) is 10.8 Å². The number of H-pyrrole nitrogens is 1. The fourth-order valence-electron chi connectivity index (χ4n) is 3.33. The van der Waals surface area contributed by atoms with Crippen LogP contribution in [-0.4, -0.2) is 16.5 Å². The molecule has 4 rings (SSSR count). The fraction of sp³-hybridized carbons (Fsp3) is 0.100. The Balaban J connectivity index is 1.98. The lowest BCUT2D eigenvalue weighted by molar-refractivity contribution is -0.482. The molecule has 0 bridgehead atoms. The Morgan fingerprint density at radius 3 is 2.54 bits per heavy atom. The van der Waals surface area contributed by atoms with Gasteiger partial charge in [-0.1, -0.05) is 41.9 Å². The summed E-state index contributed by atoms with van der Waals surface area (Å²) in [6.45, 7) is -0.254. The summed E-state index contributed by atoms with van der Waals surface area (Å²) in [6, 6.07) is 18.7. The van der Waals surface area contributed by atoms with Gasteiger partial charge in [0.1, 0.15) is 11.7 Å². The molecule has 130 valence electrons. The predicted molar refractivity (Wildman–Crippen MR) is 101 cm³/mol. The van der Waals surface area contributed by atoms with Crippen molar-refractivity contribution in [1.82, 2.24) is 4.98 Å². The van der Waals surface area contributed by atoms with E-state index in [0.717, 1.165) is 27.7 Å². The molecule has 0 aliphatic heterocycles. The molecule has 0 saturated carbocycles. The lowest BCUT2D eigenvalue weighted by Gasteiger charge is -2.13. The van der Waals surface area contributed by atoms with E-state index in [1.807, 2.05) is 48.5 Å². The molecule has 1 N–H and O–H groups in total. The number of fused-ring (bicyclic) bond motifs is 1. The van der Waals surface area contributed by atoms with E-state index in [1.54, 1.807) is 18.4 Å². The van der Waals surface area contributed by atoms with Crippen LogP contribution in [0.5, 0.6) is 0 Å². The van der Waals surface area contributed by atoms with Crippen LogP contribution >= 0.6 is 11.6 Å². The normalized spacial score (nSPS) is 12.3. The molecule has 5 nitrogen and oxygen atoms in total. The van der Waals surface area contributed by atoms with Crippen LogP contribution < -0.4 is 0 Å². The summed E-state index contributed by atoms with van der Waals surface area (Å²) in [5, 5.41) is 12.9. The number of aromatic nitrogens is 1.